The van der Waals surface area contributed by atoms with E-state index in [0.29, 0.717) is 11.4 Å². The van der Waals surface area contributed by atoms with Gasteiger partial charge in [0.15, 0.2) is 9.84 Å². The van der Waals surface area contributed by atoms with E-state index in [1.54, 1.807) is 0 Å². The molecule has 3 rings (SSSR count). The number of fused-ring (bicyclic) bond motifs is 1. The molecule has 0 radical (unpaired) electrons. The van der Waals surface area contributed by atoms with Crippen molar-refractivity contribution in [1.29, 1.82) is 0 Å². The van der Waals surface area contributed by atoms with Gasteiger partial charge in [0.05, 0.1) is 18.0 Å². The third-order valence-corrected chi connectivity index (χ3v) is 5.10. The van der Waals surface area contributed by atoms with Crippen LogP contribution >= 0.6 is 12.4 Å². The van der Waals surface area contributed by atoms with Crippen molar-refractivity contribution in [2.45, 2.75) is 25.3 Å². The van der Waals surface area contributed by atoms with Crippen molar-refractivity contribution in [1.82, 2.24) is 9.88 Å². The lowest BCUT2D eigenvalue weighted by molar-refractivity contribution is 0.601. The summed E-state index contributed by atoms with van der Waals surface area (Å²) < 4.78 is 26.4. The summed E-state index contributed by atoms with van der Waals surface area (Å²) in [6, 6.07) is 5.94. The minimum Gasteiger partial charge on any atom is -0.370 e. The van der Waals surface area contributed by atoms with Crippen LogP contribution in [0.15, 0.2) is 28.1 Å². The third-order valence-electron chi connectivity index (χ3n) is 3.84. The van der Waals surface area contributed by atoms with Crippen molar-refractivity contribution in [2.75, 3.05) is 19.3 Å². The quantitative estimate of drug-likeness (QED) is 0.929. The summed E-state index contributed by atoms with van der Waals surface area (Å²) in [6.07, 6.45) is 1.27. The van der Waals surface area contributed by atoms with Crippen molar-refractivity contribution < 1.29 is 8.42 Å². The summed E-state index contributed by atoms with van der Waals surface area (Å²) >= 11 is 0. The number of sulfone groups is 1. The van der Waals surface area contributed by atoms with Crippen molar-refractivity contribution in [2.24, 2.45) is 4.99 Å². The first-order chi connectivity index (χ1) is 9.88. The second-order valence-corrected chi connectivity index (χ2v) is 7.50. The largest absolute Gasteiger partial charge is 0.370 e. The fourth-order valence-corrected chi connectivity index (χ4v) is 4.15. The lowest BCUT2D eigenvalue weighted by Gasteiger charge is -2.09. The van der Waals surface area contributed by atoms with Gasteiger partial charge in [-0.05, 0) is 26.0 Å². The molecule has 0 saturated heterocycles. The van der Waals surface area contributed by atoms with Crippen LogP contribution in [0.3, 0.4) is 0 Å². The Balaban J connectivity index is 0.00000176. The smallest absolute Gasteiger partial charge is 0.177 e. The zero-order valence-electron chi connectivity index (χ0n) is 12.9. The maximum atomic E-state index is 12.2. The average Bonchev–Trinajstić information content (AvgIpc) is 2.96. The molecule has 0 bridgehead atoms. The van der Waals surface area contributed by atoms with Crippen molar-refractivity contribution in [3.63, 3.8) is 0 Å². The molecule has 5 nitrogen and oxygen atoms in total. The highest BCUT2D eigenvalue weighted by molar-refractivity contribution is 7.91. The number of aliphatic imine (C=N–C) groups is 1. The highest BCUT2D eigenvalue weighted by Crippen LogP contribution is 2.30. The van der Waals surface area contributed by atoms with E-state index in [1.807, 2.05) is 36.6 Å². The molecule has 1 aromatic heterocycles. The van der Waals surface area contributed by atoms with Gasteiger partial charge in [-0.3, -0.25) is 4.99 Å². The molecule has 0 saturated carbocycles. The third kappa shape index (κ3) is 2.85. The van der Waals surface area contributed by atoms with E-state index in [4.69, 9.17) is 0 Å². The SMILES string of the molecule is Cc1ccc2c(c1)c(S(C)(=O)=O)c(C)n2CC1=NCCN1.Cl. The van der Waals surface area contributed by atoms with Crippen LogP contribution in [0.25, 0.3) is 10.9 Å². The van der Waals surface area contributed by atoms with Crippen LogP contribution in [0.4, 0.5) is 0 Å². The van der Waals surface area contributed by atoms with Gasteiger partial charge in [-0.25, -0.2) is 8.42 Å². The van der Waals surface area contributed by atoms with E-state index < -0.39 is 9.84 Å². The number of aryl methyl sites for hydroxylation is 1. The summed E-state index contributed by atoms with van der Waals surface area (Å²) in [4.78, 5) is 4.83. The summed E-state index contributed by atoms with van der Waals surface area (Å²) in [6.45, 7) is 6.06. The summed E-state index contributed by atoms with van der Waals surface area (Å²) in [5.74, 6) is 0.913. The van der Waals surface area contributed by atoms with Crippen molar-refractivity contribution >= 4 is 39.0 Å². The monoisotopic (exact) mass is 341 g/mol. The number of amidine groups is 1. The van der Waals surface area contributed by atoms with E-state index in [-0.39, 0.29) is 12.4 Å². The molecular weight excluding hydrogens is 322 g/mol. The van der Waals surface area contributed by atoms with Gasteiger partial charge in [0.25, 0.3) is 0 Å². The highest BCUT2D eigenvalue weighted by Gasteiger charge is 2.22. The van der Waals surface area contributed by atoms with Crippen LogP contribution in [0.2, 0.25) is 0 Å². The molecule has 0 fully saturated rings. The molecule has 7 heteroatoms. The predicted molar refractivity (Wildman–Crippen MR) is 92.1 cm³/mol. The molecule has 0 aliphatic carbocycles. The van der Waals surface area contributed by atoms with Gasteiger partial charge in [0, 0.05) is 29.4 Å². The van der Waals surface area contributed by atoms with Gasteiger partial charge < -0.3 is 9.88 Å². The second-order valence-electron chi connectivity index (χ2n) is 5.55. The predicted octanol–water partition coefficient (Wildman–Crippen LogP) is 2.09. The molecule has 1 aliphatic heterocycles. The molecular formula is C15H20ClN3O2S. The molecule has 22 heavy (non-hydrogen) atoms. The Kier molecular flexibility index (Phi) is 4.54. The van der Waals surface area contributed by atoms with E-state index in [0.717, 1.165) is 41.1 Å². The summed E-state index contributed by atoms with van der Waals surface area (Å²) in [7, 11) is -3.27. The molecule has 1 aromatic carbocycles. The zero-order chi connectivity index (χ0) is 15.2. The molecule has 0 spiro atoms. The Bertz CT molecular complexity index is 853. The topological polar surface area (TPSA) is 63.5 Å². The fraction of sp³-hybridized carbons (Fsp3) is 0.400. The van der Waals surface area contributed by atoms with Crippen LogP contribution in [0, 0.1) is 13.8 Å². The highest BCUT2D eigenvalue weighted by atomic mass is 35.5. The van der Waals surface area contributed by atoms with Crippen LogP contribution in [-0.4, -0.2) is 38.2 Å². The first-order valence-corrected chi connectivity index (χ1v) is 8.84. The van der Waals surface area contributed by atoms with Gasteiger partial charge >= 0.3 is 0 Å². The normalized spacial score (nSPS) is 14.6. The fourth-order valence-electron chi connectivity index (χ4n) is 2.94. The minimum atomic E-state index is -3.27. The molecule has 120 valence electrons. The van der Waals surface area contributed by atoms with E-state index in [9.17, 15) is 8.42 Å². The Hall–Kier alpha value is -1.53. The molecule has 0 amide bonds. The number of aromatic nitrogens is 1. The van der Waals surface area contributed by atoms with E-state index in [2.05, 4.69) is 10.3 Å². The van der Waals surface area contributed by atoms with Crippen LogP contribution in [-0.2, 0) is 16.4 Å². The Labute approximate surface area is 136 Å². The Morgan fingerprint density at radius 1 is 1.32 bits per heavy atom. The van der Waals surface area contributed by atoms with Crippen molar-refractivity contribution in [3.8, 4) is 0 Å². The molecule has 0 unspecified atom stereocenters. The lowest BCUT2D eigenvalue weighted by atomic mass is 10.2. The van der Waals surface area contributed by atoms with Gasteiger partial charge in [-0.1, -0.05) is 11.6 Å². The number of hydrogen-bond acceptors (Lipinski definition) is 4. The molecule has 0 atom stereocenters. The Morgan fingerprint density at radius 2 is 2.05 bits per heavy atom. The first-order valence-electron chi connectivity index (χ1n) is 6.94. The average molecular weight is 342 g/mol. The Morgan fingerprint density at radius 3 is 2.64 bits per heavy atom. The van der Waals surface area contributed by atoms with Gasteiger partial charge in [-0.2, -0.15) is 0 Å². The van der Waals surface area contributed by atoms with Crippen LogP contribution in [0.1, 0.15) is 11.3 Å². The van der Waals surface area contributed by atoms with E-state index in [1.165, 1.54) is 6.26 Å². The number of nitrogens with one attached hydrogen (secondary N) is 1. The molecule has 2 heterocycles. The number of hydrogen-bond donors (Lipinski definition) is 1. The number of benzene rings is 1. The molecule has 1 N–H and O–H groups in total. The maximum absolute atomic E-state index is 12.2. The standard InChI is InChI=1S/C15H19N3O2S.ClH/c1-10-4-5-13-12(8-10)15(21(3,19)20)11(2)18(13)9-14-16-6-7-17-14;/h4-5,8H,6-7,9H2,1-3H3,(H,16,17);1H. The summed E-state index contributed by atoms with van der Waals surface area (Å²) in [5, 5.41) is 4.04. The lowest BCUT2D eigenvalue weighted by Crippen LogP contribution is -2.24. The number of rotatable bonds is 3. The number of nitrogens with zero attached hydrogens (tertiary/aromatic N) is 2. The molecule has 1 aliphatic rings. The van der Waals surface area contributed by atoms with Crippen molar-refractivity contribution in [3.05, 3.63) is 29.5 Å². The minimum absolute atomic E-state index is 0. The van der Waals surface area contributed by atoms with Gasteiger partial charge in [-0.15, -0.1) is 12.4 Å². The zero-order valence-corrected chi connectivity index (χ0v) is 14.5. The first kappa shape index (κ1) is 16.8. The van der Waals surface area contributed by atoms with Gasteiger partial charge in [0.2, 0.25) is 0 Å². The van der Waals surface area contributed by atoms with E-state index >= 15 is 0 Å². The molecule has 2 aromatic rings. The number of halogens is 1. The maximum Gasteiger partial charge on any atom is 0.177 e. The van der Waals surface area contributed by atoms with Gasteiger partial charge in [0.1, 0.15) is 5.84 Å². The van der Waals surface area contributed by atoms with Crippen LogP contribution < -0.4 is 5.32 Å². The van der Waals surface area contributed by atoms with Crippen LogP contribution in [0.5, 0.6) is 0 Å². The second kappa shape index (κ2) is 5.93. The summed E-state index contributed by atoms with van der Waals surface area (Å²) in [5.41, 5.74) is 2.77.